The average molecular weight is 238 g/mol. The second-order valence-electron chi connectivity index (χ2n) is 5.20. The molecule has 1 aliphatic heterocycles. The molecule has 1 fully saturated rings. The van der Waals surface area contributed by atoms with Gasteiger partial charge in [0.2, 0.25) is 0 Å². The van der Waals surface area contributed by atoms with Gasteiger partial charge in [0.25, 0.3) is 5.82 Å². The molecule has 0 amide bonds. The van der Waals surface area contributed by atoms with Gasteiger partial charge in [0.1, 0.15) is 11.4 Å². The van der Waals surface area contributed by atoms with E-state index >= 15 is 0 Å². The highest BCUT2D eigenvalue weighted by atomic mass is 16.6. The normalized spacial score (nSPS) is 20.5. The maximum atomic E-state index is 11.7. The number of aromatic nitrogens is 3. The zero-order chi connectivity index (χ0) is 12.5. The largest absolute Gasteiger partial charge is 0.454 e. The van der Waals surface area contributed by atoms with Gasteiger partial charge in [-0.05, 0) is 40.2 Å². The molecule has 0 bridgehead atoms. The smallest absolute Gasteiger partial charge is 0.378 e. The Hall–Kier alpha value is -1.43. The number of hydrogen-bond acceptors (Lipinski definition) is 5. The lowest BCUT2D eigenvalue weighted by atomic mass is 10.2. The molecule has 17 heavy (non-hydrogen) atoms. The van der Waals surface area contributed by atoms with Crippen LogP contribution in [0.3, 0.4) is 0 Å². The average Bonchev–Trinajstić information content (AvgIpc) is 2.86. The van der Waals surface area contributed by atoms with Crippen molar-refractivity contribution in [1.82, 2.24) is 20.5 Å². The van der Waals surface area contributed by atoms with E-state index in [-0.39, 0.29) is 11.9 Å². The van der Waals surface area contributed by atoms with Gasteiger partial charge in [-0.3, -0.25) is 5.10 Å². The van der Waals surface area contributed by atoms with Crippen LogP contribution in [0.1, 0.15) is 56.1 Å². The van der Waals surface area contributed by atoms with E-state index in [1.54, 1.807) is 0 Å². The van der Waals surface area contributed by atoms with Crippen LogP contribution in [0.25, 0.3) is 0 Å². The first-order valence-corrected chi connectivity index (χ1v) is 5.85. The molecule has 1 aromatic rings. The fourth-order valence-electron chi connectivity index (χ4n) is 1.76. The number of esters is 1. The Labute approximate surface area is 100 Å². The molecule has 6 nitrogen and oxygen atoms in total. The van der Waals surface area contributed by atoms with Crippen LogP contribution in [0.15, 0.2) is 0 Å². The molecule has 1 saturated heterocycles. The second kappa shape index (κ2) is 4.44. The second-order valence-corrected chi connectivity index (χ2v) is 5.20. The summed E-state index contributed by atoms with van der Waals surface area (Å²) in [7, 11) is 0. The number of carbonyl (C=O) groups is 1. The zero-order valence-electron chi connectivity index (χ0n) is 10.4. The minimum Gasteiger partial charge on any atom is -0.454 e. The molecule has 0 aliphatic carbocycles. The number of aromatic amines is 1. The number of H-pyrrole nitrogens is 1. The van der Waals surface area contributed by atoms with Crippen LogP contribution < -0.4 is 5.32 Å². The summed E-state index contributed by atoms with van der Waals surface area (Å²) in [5.41, 5.74) is -0.524. The van der Waals surface area contributed by atoms with Gasteiger partial charge < -0.3 is 10.1 Å². The lowest BCUT2D eigenvalue weighted by Crippen LogP contribution is -2.24. The molecule has 0 radical (unpaired) electrons. The van der Waals surface area contributed by atoms with E-state index in [1.807, 2.05) is 20.8 Å². The Bertz CT molecular complexity index is 402. The molecule has 1 aliphatic rings. The third kappa shape index (κ3) is 3.03. The Kier molecular flexibility index (Phi) is 3.15. The molecule has 6 heteroatoms. The Morgan fingerprint density at radius 2 is 2.24 bits per heavy atom. The topological polar surface area (TPSA) is 79.9 Å². The minimum absolute atomic E-state index is 0.101. The number of hydrogen-bond donors (Lipinski definition) is 2. The SMILES string of the molecule is CC(C)(C)OC(=O)c1n[nH]c(C2CCCN2)n1. The lowest BCUT2D eigenvalue weighted by Gasteiger charge is -2.17. The van der Waals surface area contributed by atoms with Crippen LogP contribution >= 0.6 is 0 Å². The monoisotopic (exact) mass is 238 g/mol. The molecular formula is C11H18N4O2. The Morgan fingerprint density at radius 3 is 2.82 bits per heavy atom. The van der Waals surface area contributed by atoms with Crippen molar-refractivity contribution in [1.29, 1.82) is 0 Å². The number of nitrogens with zero attached hydrogens (tertiary/aromatic N) is 2. The maximum absolute atomic E-state index is 11.7. The van der Waals surface area contributed by atoms with Crippen molar-refractivity contribution in [3.63, 3.8) is 0 Å². The number of carbonyl (C=O) groups excluding carboxylic acids is 1. The number of nitrogens with one attached hydrogen (secondary N) is 2. The van der Waals surface area contributed by atoms with Gasteiger partial charge in [-0.1, -0.05) is 0 Å². The van der Waals surface area contributed by atoms with Crippen LogP contribution in [0, 0.1) is 0 Å². The van der Waals surface area contributed by atoms with Gasteiger partial charge in [-0.2, -0.15) is 0 Å². The van der Waals surface area contributed by atoms with E-state index in [4.69, 9.17) is 4.74 Å². The van der Waals surface area contributed by atoms with Gasteiger partial charge in [0.15, 0.2) is 0 Å². The first kappa shape index (κ1) is 12.0. The van der Waals surface area contributed by atoms with Gasteiger partial charge in [0.05, 0.1) is 6.04 Å². The minimum atomic E-state index is -0.524. The molecule has 0 saturated carbocycles. The summed E-state index contributed by atoms with van der Waals surface area (Å²) in [6.07, 6.45) is 2.14. The first-order chi connectivity index (χ1) is 7.96. The molecule has 0 aromatic carbocycles. The molecule has 2 N–H and O–H groups in total. The molecule has 2 rings (SSSR count). The molecule has 1 aromatic heterocycles. The Balaban J connectivity index is 2.04. The summed E-state index contributed by atoms with van der Waals surface area (Å²) in [4.78, 5) is 15.9. The van der Waals surface area contributed by atoms with Crippen molar-refractivity contribution < 1.29 is 9.53 Å². The van der Waals surface area contributed by atoms with Crippen LogP contribution in [0.4, 0.5) is 0 Å². The van der Waals surface area contributed by atoms with Gasteiger partial charge in [0, 0.05) is 0 Å². The highest BCUT2D eigenvalue weighted by Crippen LogP contribution is 2.19. The van der Waals surface area contributed by atoms with Gasteiger partial charge >= 0.3 is 5.97 Å². The van der Waals surface area contributed by atoms with Crippen molar-refractivity contribution >= 4 is 5.97 Å². The molecule has 2 heterocycles. The van der Waals surface area contributed by atoms with Crippen molar-refractivity contribution in [2.75, 3.05) is 6.54 Å². The van der Waals surface area contributed by atoms with E-state index in [1.165, 1.54) is 0 Å². The molecule has 1 atom stereocenters. The fourth-order valence-corrected chi connectivity index (χ4v) is 1.76. The predicted octanol–water partition coefficient (Wildman–Crippen LogP) is 1.18. The third-order valence-corrected chi connectivity index (χ3v) is 2.47. The fraction of sp³-hybridized carbons (Fsp3) is 0.727. The van der Waals surface area contributed by atoms with Crippen LogP contribution in [0.2, 0.25) is 0 Å². The van der Waals surface area contributed by atoms with Crippen LogP contribution in [-0.4, -0.2) is 33.3 Å². The lowest BCUT2D eigenvalue weighted by molar-refractivity contribution is 0.00560. The summed E-state index contributed by atoms with van der Waals surface area (Å²) < 4.78 is 5.20. The van der Waals surface area contributed by atoms with E-state index < -0.39 is 11.6 Å². The zero-order valence-corrected chi connectivity index (χ0v) is 10.4. The van der Waals surface area contributed by atoms with Crippen LogP contribution in [0.5, 0.6) is 0 Å². The summed E-state index contributed by atoms with van der Waals surface area (Å²) >= 11 is 0. The number of rotatable bonds is 2. The molecule has 1 unspecified atom stereocenters. The van der Waals surface area contributed by atoms with E-state index in [9.17, 15) is 4.79 Å². The van der Waals surface area contributed by atoms with Crippen LogP contribution in [-0.2, 0) is 4.74 Å². The van der Waals surface area contributed by atoms with Gasteiger partial charge in [-0.25, -0.2) is 9.78 Å². The highest BCUT2D eigenvalue weighted by molar-refractivity contribution is 5.85. The quantitative estimate of drug-likeness (QED) is 0.756. The van der Waals surface area contributed by atoms with Crippen molar-refractivity contribution in [3.05, 3.63) is 11.6 Å². The predicted molar refractivity (Wildman–Crippen MR) is 61.5 cm³/mol. The van der Waals surface area contributed by atoms with E-state index in [0.717, 1.165) is 19.4 Å². The number of ether oxygens (including phenoxy) is 1. The maximum Gasteiger partial charge on any atom is 0.378 e. The van der Waals surface area contributed by atoms with Crippen molar-refractivity contribution in [2.24, 2.45) is 0 Å². The van der Waals surface area contributed by atoms with Crippen molar-refractivity contribution in [2.45, 2.75) is 45.3 Å². The van der Waals surface area contributed by atoms with E-state index in [2.05, 4.69) is 20.5 Å². The Morgan fingerprint density at radius 1 is 1.47 bits per heavy atom. The summed E-state index contributed by atoms with van der Waals surface area (Å²) in [5, 5.41) is 9.97. The summed E-state index contributed by atoms with van der Waals surface area (Å²) in [6, 6.07) is 0.179. The highest BCUT2D eigenvalue weighted by Gasteiger charge is 2.24. The summed E-state index contributed by atoms with van der Waals surface area (Å²) in [6.45, 7) is 6.43. The molecular weight excluding hydrogens is 220 g/mol. The third-order valence-electron chi connectivity index (χ3n) is 2.47. The van der Waals surface area contributed by atoms with E-state index in [0.29, 0.717) is 5.82 Å². The van der Waals surface area contributed by atoms with Crippen molar-refractivity contribution in [3.8, 4) is 0 Å². The standard InChI is InChI=1S/C11H18N4O2/c1-11(2,3)17-10(16)9-13-8(14-15-9)7-5-4-6-12-7/h7,12H,4-6H2,1-3H3,(H,13,14,15). The molecule has 0 spiro atoms. The first-order valence-electron chi connectivity index (χ1n) is 5.85. The molecule has 94 valence electrons. The van der Waals surface area contributed by atoms with Gasteiger partial charge in [-0.15, -0.1) is 5.10 Å². The summed E-state index contributed by atoms with van der Waals surface area (Å²) in [5.74, 6) is 0.324.